The Balaban J connectivity index is 1.36. The number of rotatable bonds is 4. The zero-order chi connectivity index (χ0) is 23.1. The molecule has 0 radical (unpaired) electrons. The molecule has 2 fully saturated rings. The van der Waals surface area contributed by atoms with Crippen LogP contribution in [0.4, 0.5) is 17.2 Å². The van der Waals surface area contributed by atoms with Crippen LogP contribution in [0.15, 0.2) is 18.3 Å². The fourth-order valence-corrected chi connectivity index (χ4v) is 5.41. The van der Waals surface area contributed by atoms with E-state index in [0.29, 0.717) is 29.3 Å². The molecule has 0 aliphatic carbocycles. The molecule has 3 aliphatic rings. The summed E-state index contributed by atoms with van der Waals surface area (Å²) in [4.78, 5) is 30.9. The Hall–Kier alpha value is -2.42. The lowest BCUT2D eigenvalue weighted by atomic mass is 9.99. The van der Waals surface area contributed by atoms with Crippen molar-refractivity contribution in [1.29, 1.82) is 0 Å². The number of hydrogen-bond acceptors (Lipinski definition) is 7. The number of amides is 1. The fourth-order valence-electron chi connectivity index (χ4n) is 5.27. The summed E-state index contributed by atoms with van der Waals surface area (Å²) in [6.45, 7) is 9.13. The van der Waals surface area contributed by atoms with Crippen LogP contribution in [0.25, 0.3) is 0 Å². The van der Waals surface area contributed by atoms with Crippen molar-refractivity contribution in [2.45, 2.75) is 32.4 Å². The van der Waals surface area contributed by atoms with Crippen LogP contribution in [0, 0.1) is 6.92 Å². The number of hydrogen-bond donors (Lipinski definition) is 1. The summed E-state index contributed by atoms with van der Waals surface area (Å²) >= 11 is 6.30. The predicted octanol–water partition coefficient (Wildman–Crippen LogP) is 2.98. The quantitative estimate of drug-likeness (QED) is 0.738. The average Bonchev–Trinajstić information content (AvgIpc) is 3.12. The van der Waals surface area contributed by atoms with Gasteiger partial charge in [-0.25, -0.2) is 9.97 Å². The molecule has 33 heavy (non-hydrogen) atoms. The third kappa shape index (κ3) is 4.39. The number of carbonyl (C=O) groups excluding carboxylic acids is 1. The van der Waals surface area contributed by atoms with E-state index in [1.165, 1.54) is 18.8 Å². The fraction of sp³-hybridized carbons (Fsp3) is 0.542. The lowest BCUT2D eigenvalue weighted by molar-refractivity contribution is 0.0817. The van der Waals surface area contributed by atoms with Gasteiger partial charge in [-0.2, -0.15) is 0 Å². The number of halogens is 1. The Kier molecular flexibility index (Phi) is 6.16. The minimum atomic E-state index is 0.0311. The standard InChI is InChI=1S/C24H32ClN7O/c1-16-26-14-19(25)23(27-16)28-20-4-5-21(18-15-30(3)24(33)22(18)20)32-8-6-17(7-9-32)31-12-10-29(2)11-13-31/h4-5,14,17H,6-13,15H2,1-3H3,(H,26,27,28). The maximum absolute atomic E-state index is 13.1. The van der Waals surface area contributed by atoms with E-state index in [4.69, 9.17) is 11.6 Å². The molecule has 0 saturated carbocycles. The Labute approximate surface area is 200 Å². The van der Waals surface area contributed by atoms with Crippen molar-refractivity contribution in [3.63, 3.8) is 0 Å². The van der Waals surface area contributed by atoms with E-state index in [1.54, 1.807) is 11.1 Å². The van der Waals surface area contributed by atoms with Gasteiger partial charge in [0.05, 0.1) is 17.4 Å². The summed E-state index contributed by atoms with van der Waals surface area (Å²) in [6, 6.07) is 4.80. The van der Waals surface area contributed by atoms with E-state index in [1.807, 2.05) is 20.0 Å². The topological polar surface area (TPSA) is 67.8 Å². The first-order valence-corrected chi connectivity index (χ1v) is 12.1. The average molecular weight is 470 g/mol. The van der Waals surface area contributed by atoms with Crippen LogP contribution >= 0.6 is 11.6 Å². The van der Waals surface area contributed by atoms with Gasteiger partial charge in [-0.1, -0.05) is 11.6 Å². The number of carbonyl (C=O) groups is 1. The Morgan fingerprint density at radius 1 is 1.06 bits per heavy atom. The summed E-state index contributed by atoms with van der Waals surface area (Å²) in [5.41, 5.74) is 3.74. The van der Waals surface area contributed by atoms with Crippen molar-refractivity contribution in [3.8, 4) is 0 Å². The van der Waals surface area contributed by atoms with Gasteiger partial charge in [0.15, 0.2) is 5.82 Å². The molecule has 2 saturated heterocycles. The molecule has 2 aromatic rings. The second-order valence-electron chi connectivity index (χ2n) is 9.44. The van der Waals surface area contributed by atoms with Gasteiger partial charge in [-0.05, 0) is 38.9 Å². The second kappa shape index (κ2) is 9.08. The highest BCUT2D eigenvalue weighted by Crippen LogP contribution is 2.39. The molecule has 5 rings (SSSR count). The van der Waals surface area contributed by atoms with Crippen LogP contribution in [0.1, 0.15) is 34.6 Å². The van der Waals surface area contributed by atoms with Gasteiger partial charge in [-0.3, -0.25) is 9.69 Å². The van der Waals surface area contributed by atoms with E-state index in [9.17, 15) is 4.79 Å². The Morgan fingerprint density at radius 2 is 1.79 bits per heavy atom. The minimum absolute atomic E-state index is 0.0311. The maximum atomic E-state index is 13.1. The zero-order valence-electron chi connectivity index (χ0n) is 19.6. The first kappa shape index (κ1) is 22.4. The molecule has 0 atom stereocenters. The number of aromatic nitrogens is 2. The van der Waals surface area contributed by atoms with Crippen molar-refractivity contribution in [3.05, 3.63) is 40.3 Å². The highest BCUT2D eigenvalue weighted by Gasteiger charge is 2.33. The number of piperazine rings is 1. The number of benzene rings is 1. The van der Waals surface area contributed by atoms with Crippen LogP contribution in [0.2, 0.25) is 5.02 Å². The first-order chi connectivity index (χ1) is 15.9. The van der Waals surface area contributed by atoms with Gasteiger partial charge in [0.1, 0.15) is 10.8 Å². The number of piperidine rings is 1. The molecule has 1 amide bonds. The van der Waals surface area contributed by atoms with Crippen LogP contribution < -0.4 is 10.2 Å². The van der Waals surface area contributed by atoms with Crippen molar-refractivity contribution >= 4 is 34.7 Å². The number of likely N-dealkylation sites (N-methyl/N-ethyl adjacent to an activating group) is 1. The molecule has 1 N–H and O–H groups in total. The first-order valence-electron chi connectivity index (χ1n) is 11.8. The highest BCUT2D eigenvalue weighted by molar-refractivity contribution is 6.32. The van der Waals surface area contributed by atoms with Crippen molar-refractivity contribution < 1.29 is 4.79 Å². The largest absolute Gasteiger partial charge is 0.371 e. The predicted molar refractivity (Wildman–Crippen MR) is 132 cm³/mol. The van der Waals surface area contributed by atoms with Gasteiger partial charge < -0.3 is 20.0 Å². The number of fused-ring (bicyclic) bond motifs is 1. The summed E-state index contributed by atoms with van der Waals surface area (Å²) in [5, 5.41) is 3.72. The SMILES string of the molecule is Cc1ncc(Cl)c(Nc2ccc(N3CCC(N4CCN(C)CC4)CC3)c3c2C(=O)N(C)C3)n1. The molecule has 8 nitrogen and oxygen atoms in total. The smallest absolute Gasteiger partial charge is 0.256 e. The molecule has 3 aliphatic heterocycles. The monoisotopic (exact) mass is 469 g/mol. The van der Waals surface area contributed by atoms with Crippen LogP contribution in [0.3, 0.4) is 0 Å². The third-order valence-electron chi connectivity index (χ3n) is 7.22. The molecule has 176 valence electrons. The van der Waals surface area contributed by atoms with Crippen molar-refractivity contribution in [1.82, 2.24) is 24.7 Å². The lowest BCUT2D eigenvalue weighted by Crippen LogP contribution is -2.52. The summed E-state index contributed by atoms with van der Waals surface area (Å²) in [5.74, 6) is 1.18. The number of aryl methyl sites for hydroxylation is 1. The van der Waals surface area contributed by atoms with E-state index >= 15 is 0 Å². The third-order valence-corrected chi connectivity index (χ3v) is 7.50. The molecule has 1 aromatic carbocycles. The van der Waals surface area contributed by atoms with Crippen molar-refractivity contribution in [2.24, 2.45) is 0 Å². The van der Waals surface area contributed by atoms with Gasteiger partial charge in [0, 0.05) is 70.2 Å². The molecule has 4 heterocycles. The molecule has 0 unspecified atom stereocenters. The van der Waals surface area contributed by atoms with Crippen molar-refractivity contribution in [2.75, 3.05) is 63.6 Å². The maximum Gasteiger partial charge on any atom is 0.256 e. The summed E-state index contributed by atoms with van der Waals surface area (Å²) in [7, 11) is 4.06. The normalized spacial score (nSPS) is 20.4. The van der Waals surface area contributed by atoms with Gasteiger partial charge in [-0.15, -0.1) is 0 Å². The van der Waals surface area contributed by atoms with Crippen LogP contribution in [-0.4, -0.2) is 90.0 Å². The highest BCUT2D eigenvalue weighted by atomic mass is 35.5. The number of nitrogens with zero attached hydrogens (tertiary/aromatic N) is 6. The number of anilines is 3. The molecular weight excluding hydrogens is 438 g/mol. The molecule has 1 aromatic heterocycles. The molecule has 0 spiro atoms. The second-order valence-corrected chi connectivity index (χ2v) is 9.85. The molecular formula is C24H32ClN7O. The van der Waals surface area contributed by atoms with E-state index in [0.717, 1.165) is 55.8 Å². The Morgan fingerprint density at radius 3 is 2.52 bits per heavy atom. The van der Waals surface area contributed by atoms with E-state index < -0.39 is 0 Å². The zero-order valence-corrected chi connectivity index (χ0v) is 20.4. The van der Waals surface area contributed by atoms with E-state index in [-0.39, 0.29) is 5.91 Å². The summed E-state index contributed by atoms with van der Waals surface area (Å²) < 4.78 is 0. The molecule has 9 heteroatoms. The minimum Gasteiger partial charge on any atom is -0.371 e. The summed E-state index contributed by atoms with van der Waals surface area (Å²) in [6.07, 6.45) is 3.91. The Bertz CT molecular complexity index is 1050. The van der Waals surface area contributed by atoms with Crippen LogP contribution in [-0.2, 0) is 6.54 Å². The molecule has 0 bridgehead atoms. The lowest BCUT2D eigenvalue weighted by Gasteiger charge is -2.43. The van der Waals surface area contributed by atoms with Gasteiger partial charge in [0.2, 0.25) is 0 Å². The van der Waals surface area contributed by atoms with Crippen LogP contribution in [0.5, 0.6) is 0 Å². The van der Waals surface area contributed by atoms with Gasteiger partial charge >= 0.3 is 0 Å². The number of nitrogens with one attached hydrogen (secondary N) is 1. The van der Waals surface area contributed by atoms with Gasteiger partial charge in [0.25, 0.3) is 5.91 Å². The van der Waals surface area contributed by atoms with E-state index in [2.05, 4.69) is 43.1 Å².